The summed E-state index contributed by atoms with van der Waals surface area (Å²) in [5.41, 5.74) is 2.25. The largest absolute Gasteiger partial charge is 0.292 e. The van der Waals surface area contributed by atoms with Gasteiger partial charge in [-0.05, 0) is 46.6 Å². The molecule has 2 nitrogen and oxygen atoms in total. The van der Waals surface area contributed by atoms with E-state index in [1.54, 1.807) is 18.2 Å². The number of aryl methyl sites for hydroxylation is 1. The molecule has 0 spiro atoms. The van der Waals surface area contributed by atoms with Crippen molar-refractivity contribution in [3.63, 3.8) is 0 Å². The maximum Gasteiger partial charge on any atom is 0.185 e. The van der Waals surface area contributed by atoms with Crippen LogP contribution in [0.25, 0.3) is 0 Å². The Morgan fingerprint density at radius 3 is 2.45 bits per heavy atom. The molecule has 2 aromatic carbocycles. The lowest BCUT2D eigenvalue weighted by Crippen LogP contribution is -2.12. The van der Waals surface area contributed by atoms with Crippen LogP contribution >= 0.6 is 27.5 Å². The first-order chi connectivity index (χ1) is 9.52. The Bertz CT molecular complexity index is 689. The van der Waals surface area contributed by atoms with Crippen molar-refractivity contribution in [2.75, 3.05) is 0 Å². The van der Waals surface area contributed by atoms with Gasteiger partial charge in [0.2, 0.25) is 0 Å². The zero-order chi connectivity index (χ0) is 14.7. The number of nitrogens with zero attached hydrogens (tertiary/aromatic N) is 1. The summed E-state index contributed by atoms with van der Waals surface area (Å²) in [5.74, 6) is -1.05. The Morgan fingerprint density at radius 1 is 1.25 bits per heavy atom. The number of benzene rings is 2. The Morgan fingerprint density at radius 2 is 1.90 bits per heavy atom. The number of carbonyl (C=O) groups is 1. The molecular weight excluding hydrogens is 338 g/mol. The van der Waals surface area contributed by atoms with Gasteiger partial charge in [-0.3, -0.25) is 4.79 Å². The average Bonchev–Trinajstić information content (AvgIpc) is 2.41. The fourth-order valence-corrected chi connectivity index (χ4v) is 2.77. The van der Waals surface area contributed by atoms with Crippen molar-refractivity contribution in [2.45, 2.75) is 12.8 Å². The van der Waals surface area contributed by atoms with Crippen molar-refractivity contribution >= 4 is 33.3 Å². The van der Waals surface area contributed by atoms with E-state index in [9.17, 15) is 10.1 Å². The highest BCUT2D eigenvalue weighted by Crippen LogP contribution is 2.27. The van der Waals surface area contributed by atoms with Crippen molar-refractivity contribution in [2.24, 2.45) is 0 Å². The number of carbonyl (C=O) groups excluding carboxylic acids is 1. The molecule has 0 aromatic heterocycles. The number of halogens is 2. The van der Waals surface area contributed by atoms with Gasteiger partial charge in [0.15, 0.2) is 5.78 Å². The smallest absolute Gasteiger partial charge is 0.185 e. The van der Waals surface area contributed by atoms with Gasteiger partial charge >= 0.3 is 0 Å². The highest BCUT2D eigenvalue weighted by molar-refractivity contribution is 9.10. The van der Waals surface area contributed by atoms with Gasteiger partial charge in [0.05, 0.1) is 6.07 Å². The van der Waals surface area contributed by atoms with Crippen LogP contribution in [0.2, 0.25) is 5.02 Å². The first kappa shape index (κ1) is 14.8. The molecule has 0 heterocycles. The molecule has 100 valence electrons. The van der Waals surface area contributed by atoms with Gasteiger partial charge in [-0.1, -0.05) is 41.4 Å². The molecule has 0 aliphatic heterocycles. The second-order valence-corrected chi connectivity index (χ2v) is 5.75. The Labute approximate surface area is 131 Å². The van der Waals surface area contributed by atoms with Crippen molar-refractivity contribution in [1.82, 2.24) is 0 Å². The topological polar surface area (TPSA) is 40.9 Å². The highest BCUT2D eigenvalue weighted by atomic mass is 79.9. The van der Waals surface area contributed by atoms with Gasteiger partial charge in [0.1, 0.15) is 5.92 Å². The van der Waals surface area contributed by atoms with Gasteiger partial charge in [0, 0.05) is 15.1 Å². The van der Waals surface area contributed by atoms with Crippen LogP contribution in [0.3, 0.4) is 0 Å². The monoisotopic (exact) mass is 347 g/mol. The van der Waals surface area contributed by atoms with Crippen LogP contribution in [0.1, 0.15) is 27.4 Å². The van der Waals surface area contributed by atoms with E-state index in [4.69, 9.17) is 11.6 Å². The van der Waals surface area contributed by atoms with Gasteiger partial charge in [-0.2, -0.15) is 5.26 Å². The minimum absolute atomic E-state index is 0.236. The number of ketones is 1. The van der Waals surface area contributed by atoms with Gasteiger partial charge < -0.3 is 0 Å². The number of nitriles is 1. The highest BCUT2D eigenvalue weighted by Gasteiger charge is 2.23. The molecule has 0 aliphatic carbocycles. The van der Waals surface area contributed by atoms with E-state index in [2.05, 4.69) is 22.0 Å². The van der Waals surface area contributed by atoms with Crippen LogP contribution in [0.4, 0.5) is 0 Å². The maximum absolute atomic E-state index is 12.5. The summed E-state index contributed by atoms with van der Waals surface area (Å²) >= 11 is 9.18. The van der Waals surface area contributed by atoms with Crippen LogP contribution < -0.4 is 0 Å². The first-order valence-corrected chi connectivity index (χ1v) is 7.15. The minimum Gasteiger partial charge on any atom is -0.292 e. The summed E-state index contributed by atoms with van der Waals surface area (Å²) in [6.07, 6.45) is 0. The van der Waals surface area contributed by atoms with E-state index in [1.807, 2.05) is 31.2 Å². The zero-order valence-corrected chi connectivity index (χ0v) is 13.1. The zero-order valence-electron chi connectivity index (χ0n) is 10.7. The lowest BCUT2D eigenvalue weighted by molar-refractivity contribution is 0.0978. The predicted molar refractivity (Wildman–Crippen MR) is 83.0 cm³/mol. The van der Waals surface area contributed by atoms with Crippen LogP contribution in [-0.4, -0.2) is 5.78 Å². The molecule has 0 saturated carbocycles. The lowest BCUT2D eigenvalue weighted by Gasteiger charge is -2.10. The number of hydrogen-bond acceptors (Lipinski definition) is 2. The van der Waals surface area contributed by atoms with E-state index in [-0.39, 0.29) is 5.78 Å². The molecule has 0 bridgehead atoms. The summed E-state index contributed by atoms with van der Waals surface area (Å²) in [6, 6.07) is 14.4. The standard InChI is InChI=1S/C16H11BrClNO/c1-10-2-4-11(5-3-10)14(9-19)16(20)13-7-6-12(18)8-15(13)17/h2-8,14H,1H3. The van der Waals surface area contributed by atoms with Crippen LogP contribution in [0, 0.1) is 18.3 Å². The second kappa shape index (κ2) is 6.21. The number of hydrogen-bond donors (Lipinski definition) is 0. The molecule has 0 radical (unpaired) electrons. The van der Waals surface area contributed by atoms with Crippen LogP contribution in [-0.2, 0) is 0 Å². The van der Waals surface area contributed by atoms with Crippen molar-refractivity contribution in [1.29, 1.82) is 5.26 Å². The molecule has 20 heavy (non-hydrogen) atoms. The molecule has 1 unspecified atom stereocenters. The SMILES string of the molecule is Cc1ccc(C(C#N)C(=O)c2ccc(Cl)cc2Br)cc1. The van der Waals surface area contributed by atoms with E-state index >= 15 is 0 Å². The average molecular weight is 349 g/mol. The molecule has 2 aromatic rings. The van der Waals surface area contributed by atoms with Crippen LogP contribution in [0.5, 0.6) is 0 Å². The fourth-order valence-electron chi connectivity index (χ4n) is 1.89. The number of rotatable bonds is 3. The summed E-state index contributed by atoms with van der Waals surface area (Å²) < 4.78 is 0.599. The lowest BCUT2D eigenvalue weighted by atomic mass is 9.91. The number of Topliss-reactive ketones (excluding diaryl/α,β-unsaturated/α-hetero) is 1. The van der Waals surface area contributed by atoms with E-state index in [0.29, 0.717) is 20.6 Å². The summed E-state index contributed by atoms with van der Waals surface area (Å²) in [7, 11) is 0. The molecule has 4 heteroatoms. The van der Waals surface area contributed by atoms with Crippen molar-refractivity contribution in [3.05, 3.63) is 68.7 Å². The molecule has 0 saturated heterocycles. The Kier molecular flexibility index (Phi) is 4.59. The minimum atomic E-state index is -0.812. The van der Waals surface area contributed by atoms with E-state index < -0.39 is 5.92 Å². The van der Waals surface area contributed by atoms with Crippen molar-refractivity contribution in [3.8, 4) is 6.07 Å². The fraction of sp³-hybridized carbons (Fsp3) is 0.125. The Hall–Kier alpha value is -1.63. The molecule has 0 amide bonds. The molecular formula is C16H11BrClNO. The first-order valence-electron chi connectivity index (χ1n) is 5.98. The van der Waals surface area contributed by atoms with E-state index in [0.717, 1.165) is 5.56 Å². The third-order valence-electron chi connectivity index (χ3n) is 3.00. The second-order valence-electron chi connectivity index (χ2n) is 4.46. The van der Waals surface area contributed by atoms with Gasteiger partial charge in [0.25, 0.3) is 0 Å². The molecule has 0 aliphatic rings. The quantitative estimate of drug-likeness (QED) is 0.740. The molecule has 2 rings (SSSR count). The molecule has 0 fully saturated rings. The maximum atomic E-state index is 12.5. The summed E-state index contributed by atoms with van der Waals surface area (Å²) in [4.78, 5) is 12.5. The third kappa shape index (κ3) is 3.09. The Balaban J connectivity index is 2.39. The van der Waals surface area contributed by atoms with Gasteiger partial charge in [-0.25, -0.2) is 0 Å². The summed E-state index contributed by atoms with van der Waals surface area (Å²) in [6.45, 7) is 1.96. The predicted octanol–water partition coefficient (Wildman–Crippen LogP) is 4.90. The molecule has 1 atom stereocenters. The summed E-state index contributed by atoms with van der Waals surface area (Å²) in [5, 5.41) is 9.85. The molecule has 0 N–H and O–H groups in total. The van der Waals surface area contributed by atoms with Gasteiger partial charge in [-0.15, -0.1) is 0 Å². The third-order valence-corrected chi connectivity index (χ3v) is 3.89. The van der Waals surface area contributed by atoms with Crippen molar-refractivity contribution < 1.29 is 4.79 Å². The van der Waals surface area contributed by atoms with Crippen LogP contribution in [0.15, 0.2) is 46.9 Å². The normalized spacial score (nSPS) is 11.7. The van der Waals surface area contributed by atoms with E-state index in [1.165, 1.54) is 0 Å².